The molecule has 0 radical (unpaired) electrons. The maximum atomic E-state index is 13.7. The smallest absolute Gasteiger partial charge is 0.228 e. The van der Waals surface area contributed by atoms with E-state index in [0.717, 1.165) is 25.7 Å². The number of hydrogen-bond acceptors (Lipinski definition) is 6. The van der Waals surface area contributed by atoms with E-state index in [4.69, 9.17) is 0 Å². The molecule has 5 aliphatic rings. The van der Waals surface area contributed by atoms with Crippen molar-refractivity contribution in [3.63, 3.8) is 0 Å². The Kier molecular flexibility index (Phi) is 6.12. The summed E-state index contributed by atoms with van der Waals surface area (Å²) in [4.78, 5) is 15.7. The molecular weight excluding hydrogens is 432 g/mol. The van der Waals surface area contributed by atoms with Crippen LogP contribution in [0.5, 0.6) is 0 Å². The zero-order valence-corrected chi connectivity index (χ0v) is 20.4. The van der Waals surface area contributed by atoms with Gasteiger partial charge < -0.3 is 4.90 Å². The van der Waals surface area contributed by atoms with Crippen molar-refractivity contribution in [1.82, 2.24) is 20.5 Å². The van der Waals surface area contributed by atoms with Gasteiger partial charge in [-0.1, -0.05) is 32.1 Å². The number of hydrazine groups is 1. The van der Waals surface area contributed by atoms with E-state index in [0.29, 0.717) is 18.8 Å². The molecule has 0 aromatic carbocycles. The van der Waals surface area contributed by atoms with E-state index in [2.05, 4.69) is 22.5 Å². The molecule has 2 saturated heterocycles. The van der Waals surface area contributed by atoms with Crippen LogP contribution in [0.2, 0.25) is 0 Å². The SMILES string of the molecule is CC1NNC(N2C(=O)C(CC3CCCCC3)C3CCC(S(=O)(=O)NC4(C)CC4)CC32)S1. The summed E-state index contributed by atoms with van der Waals surface area (Å²) in [7, 11) is -3.37. The lowest BCUT2D eigenvalue weighted by molar-refractivity contribution is -0.133. The Morgan fingerprint density at radius 2 is 1.87 bits per heavy atom. The van der Waals surface area contributed by atoms with E-state index >= 15 is 0 Å². The second kappa shape index (κ2) is 8.46. The van der Waals surface area contributed by atoms with Crippen LogP contribution >= 0.6 is 11.8 Å². The van der Waals surface area contributed by atoms with Crippen molar-refractivity contribution in [3.8, 4) is 0 Å². The van der Waals surface area contributed by atoms with E-state index in [1.165, 1.54) is 32.1 Å². The van der Waals surface area contributed by atoms with Crippen molar-refractivity contribution in [2.45, 2.75) is 112 Å². The summed E-state index contributed by atoms with van der Waals surface area (Å²) in [5, 5.41) is -0.167. The molecule has 176 valence electrons. The Morgan fingerprint density at radius 1 is 1.13 bits per heavy atom. The standard InChI is InChI=1S/C22H38N4O3S2/c1-14-23-24-21(30-14)26-19-13-16(31(28,29)25-22(2)10-11-22)8-9-17(19)18(20(26)27)12-15-6-4-3-5-7-15/h14-19,21,23-25H,3-13H2,1-2H3. The maximum Gasteiger partial charge on any atom is 0.228 e. The van der Waals surface area contributed by atoms with Crippen molar-refractivity contribution in [2.24, 2.45) is 17.8 Å². The van der Waals surface area contributed by atoms with Gasteiger partial charge >= 0.3 is 0 Å². The summed E-state index contributed by atoms with van der Waals surface area (Å²) in [5.41, 5.74) is 6.17. The average molecular weight is 471 g/mol. The molecule has 0 aromatic rings. The van der Waals surface area contributed by atoms with Crippen LogP contribution in [-0.4, -0.2) is 46.9 Å². The number of carbonyl (C=O) groups is 1. The number of sulfonamides is 1. The Hall–Kier alpha value is -0.350. The maximum absolute atomic E-state index is 13.7. The van der Waals surface area contributed by atoms with Crippen LogP contribution < -0.4 is 15.6 Å². The third kappa shape index (κ3) is 4.54. The molecule has 0 bridgehead atoms. The zero-order valence-electron chi connectivity index (χ0n) is 18.8. The number of nitrogens with zero attached hydrogens (tertiary/aromatic N) is 1. The molecular formula is C22H38N4O3S2. The normalized spacial score (nSPS) is 40.8. The average Bonchev–Trinajstić information content (AvgIpc) is 3.18. The van der Waals surface area contributed by atoms with Crippen LogP contribution in [0.15, 0.2) is 0 Å². The molecule has 1 amide bonds. The molecule has 3 aliphatic carbocycles. The first kappa shape index (κ1) is 22.4. The van der Waals surface area contributed by atoms with Crippen LogP contribution in [0.4, 0.5) is 0 Å². The molecule has 6 atom stereocenters. The second-order valence-corrected chi connectivity index (χ2v) is 14.3. The second-order valence-electron chi connectivity index (χ2n) is 10.9. The van der Waals surface area contributed by atoms with Crippen molar-refractivity contribution in [3.05, 3.63) is 0 Å². The molecule has 2 heterocycles. The number of fused-ring (bicyclic) bond motifs is 1. The fourth-order valence-electron chi connectivity index (χ4n) is 6.39. The molecule has 5 fully saturated rings. The Balaban J connectivity index is 1.36. The predicted molar refractivity (Wildman–Crippen MR) is 123 cm³/mol. The highest BCUT2D eigenvalue weighted by Gasteiger charge is 2.55. The first-order valence-electron chi connectivity index (χ1n) is 12.3. The van der Waals surface area contributed by atoms with Gasteiger partial charge in [0.1, 0.15) is 5.50 Å². The Morgan fingerprint density at radius 3 is 2.52 bits per heavy atom. The summed E-state index contributed by atoms with van der Waals surface area (Å²) in [6.45, 7) is 4.08. The number of carbonyl (C=O) groups excluding carboxylic acids is 1. The minimum Gasteiger partial charge on any atom is -0.313 e. The van der Waals surface area contributed by atoms with Crippen LogP contribution in [0.3, 0.4) is 0 Å². The number of amides is 1. The number of rotatable bonds is 6. The van der Waals surface area contributed by atoms with Gasteiger partial charge in [-0.15, -0.1) is 11.8 Å². The quantitative estimate of drug-likeness (QED) is 0.553. The molecule has 7 nitrogen and oxygen atoms in total. The van der Waals surface area contributed by atoms with Gasteiger partial charge in [0.2, 0.25) is 15.9 Å². The zero-order chi connectivity index (χ0) is 21.8. The molecule has 31 heavy (non-hydrogen) atoms. The van der Waals surface area contributed by atoms with Gasteiger partial charge in [0, 0.05) is 17.5 Å². The number of hydrogen-bond donors (Lipinski definition) is 3. The molecule has 3 N–H and O–H groups in total. The van der Waals surface area contributed by atoms with E-state index < -0.39 is 15.3 Å². The van der Waals surface area contributed by atoms with Crippen molar-refractivity contribution < 1.29 is 13.2 Å². The highest BCUT2D eigenvalue weighted by molar-refractivity contribution is 8.00. The first-order chi connectivity index (χ1) is 14.8. The van der Waals surface area contributed by atoms with E-state index in [-0.39, 0.29) is 40.2 Å². The van der Waals surface area contributed by atoms with E-state index in [1.807, 2.05) is 11.8 Å². The van der Waals surface area contributed by atoms with Crippen molar-refractivity contribution >= 4 is 27.7 Å². The Bertz CT molecular complexity index is 797. The summed E-state index contributed by atoms with van der Waals surface area (Å²) in [6.07, 6.45) is 11.3. The van der Waals surface area contributed by atoms with Crippen LogP contribution in [0.1, 0.15) is 84.5 Å². The highest BCUT2D eigenvalue weighted by atomic mass is 32.2. The topological polar surface area (TPSA) is 90.5 Å². The summed E-state index contributed by atoms with van der Waals surface area (Å²) < 4.78 is 29.3. The highest BCUT2D eigenvalue weighted by Crippen LogP contribution is 2.48. The van der Waals surface area contributed by atoms with Gasteiger partial charge in [0.15, 0.2) is 0 Å². The van der Waals surface area contributed by atoms with Gasteiger partial charge in [-0.25, -0.2) is 24.0 Å². The number of thioether (sulfide) groups is 1. The lowest BCUT2D eigenvalue weighted by Gasteiger charge is -2.38. The monoisotopic (exact) mass is 470 g/mol. The van der Waals surface area contributed by atoms with Gasteiger partial charge in [0.25, 0.3) is 0 Å². The molecule has 6 unspecified atom stereocenters. The first-order valence-corrected chi connectivity index (χ1v) is 14.8. The molecule has 0 spiro atoms. The third-order valence-electron chi connectivity index (χ3n) is 8.40. The summed E-state index contributed by atoms with van der Waals surface area (Å²) >= 11 is 1.72. The Labute approximate surface area is 191 Å². The largest absolute Gasteiger partial charge is 0.313 e. The van der Waals surface area contributed by atoms with Gasteiger partial charge in [0.05, 0.1) is 10.6 Å². The van der Waals surface area contributed by atoms with E-state index in [1.54, 1.807) is 11.8 Å². The fourth-order valence-corrected chi connectivity index (χ4v) is 9.40. The predicted octanol–water partition coefficient (Wildman–Crippen LogP) is 2.90. The minimum atomic E-state index is -3.37. The van der Waals surface area contributed by atoms with Crippen LogP contribution in [0.25, 0.3) is 0 Å². The van der Waals surface area contributed by atoms with Crippen molar-refractivity contribution in [1.29, 1.82) is 0 Å². The molecule has 2 aliphatic heterocycles. The summed E-state index contributed by atoms with van der Waals surface area (Å²) in [5.74, 6) is 1.25. The van der Waals surface area contributed by atoms with Gasteiger partial charge in [-0.2, -0.15) is 0 Å². The molecule has 9 heteroatoms. The minimum absolute atomic E-state index is 0.0144. The number of likely N-dealkylation sites (tertiary alicyclic amines) is 1. The third-order valence-corrected chi connectivity index (χ3v) is 11.6. The lowest BCUT2D eigenvalue weighted by Crippen LogP contribution is -2.52. The fraction of sp³-hybridized carbons (Fsp3) is 0.955. The number of nitrogens with one attached hydrogen (secondary N) is 3. The van der Waals surface area contributed by atoms with Crippen LogP contribution in [-0.2, 0) is 14.8 Å². The molecule has 0 aromatic heterocycles. The van der Waals surface area contributed by atoms with Crippen LogP contribution in [0, 0.1) is 17.8 Å². The lowest BCUT2D eigenvalue weighted by atomic mass is 9.74. The summed E-state index contributed by atoms with van der Waals surface area (Å²) in [6, 6.07) is 0.0144. The molecule has 3 saturated carbocycles. The van der Waals surface area contributed by atoms with Gasteiger partial charge in [-0.3, -0.25) is 4.79 Å². The van der Waals surface area contributed by atoms with E-state index in [9.17, 15) is 13.2 Å². The van der Waals surface area contributed by atoms with Gasteiger partial charge in [-0.05, 0) is 64.2 Å². The molecule has 5 rings (SSSR count). The van der Waals surface area contributed by atoms with Crippen molar-refractivity contribution in [2.75, 3.05) is 0 Å².